The van der Waals surface area contributed by atoms with Gasteiger partial charge in [0.25, 0.3) is 0 Å². The van der Waals surface area contributed by atoms with Crippen molar-refractivity contribution in [2.24, 2.45) is 7.05 Å². The number of fused-ring (bicyclic) bond motifs is 1. The van der Waals surface area contributed by atoms with Gasteiger partial charge >= 0.3 is 0 Å². The van der Waals surface area contributed by atoms with E-state index in [1.807, 2.05) is 48.1 Å². The Morgan fingerprint density at radius 1 is 1.14 bits per heavy atom. The molecule has 3 aromatic rings. The van der Waals surface area contributed by atoms with Gasteiger partial charge in [0.15, 0.2) is 0 Å². The monoisotopic (exact) mass is 283 g/mol. The van der Waals surface area contributed by atoms with Crippen molar-refractivity contribution in [2.75, 3.05) is 6.54 Å². The van der Waals surface area contributed by atoms with E-state index in [9.17, 15) is 4.39 Å². The fraction of sp³-hybridized carbons (Fsp3) is 0.235. The van der Waals surface area contributed by atoms with Crippen molar-refractivity contribution in [1.82, 2.24) is 15.1 Å². The maximum atomic E-state index is 14.0. The third-order valence-corrected chi connectivity index (χ3v) is 3.78. The van der Waals surface area contributed by atoms with E-state index in [1.165, 1.54) is 0 Å². The highest BCUT2D eigenvalue weighted by Crippen LogP contribution is 2.30. The summed E-state index contributed by atoms with van der Waals surface area (Å²) >= 11 is 0. The summed E-state index contributed by atoms with van der Waals surface area (Å²) in [5.74, 6) is -0.186. The fourth-order valence-electron chi connectivity index (χ4n) is 2.78. The van der Waals surface area contributed by atoms with Crippen LogP contribution in [0.3, 0.4) is 0 Å². The zero-order valence-electron chi connectivity index (χ0n) is 12.2. The smallest absolute Gasteiger partial charge is 0.131 e. The van der Waals surface area contributed by atoms with Crippen LogP contribution < -0.4 is 5.32 Å². The lowest BCUT2D eigenvalue weighted by atomic mass is 9.96. The summed E-state index contributed by atoms with van der Waals surface area (Å²) in [6, 6.07) is 13.0. The molecule has 1 N–H and O–H groups in total. The summed E-state index contributed by atoms with van der Waals surface area (Å²) in [6.45, 7) is 2.89. The Morgan fingerprint density at radius 2 is 1.90 bits per heavy atom. The van der Waals surface area contributed by atoms with E-state index in [4.69, 9.17) is 0 Å². The molecule has 0 radical (unpaired) electrons. The summed E-state index contributed by atoms with van der Waals surface area (Å²) in [5.41, 5.74) is 2.13. The minimum Gasteiger partial charge on any atom is -0.305 e. The van der Waals surface area contributed by atoms with Gasteiger partial charge in [0.2, 0.25) is 0 Å². The van der Waals surface area contributed by atoms with Gasteiger partial charge in [-0.15, -0.1) is 0 Å². The molecular formula is C17H18FN3. The predicted octanol–water partition coefficient (Wildman–Crippen LogP) is 3.41. The zero-order valence-corrected chi connectivity index (χ0v) is 12.2. The Hall–Kier alpha value is -2.20. The van der Waals surface area contributed by atoms with Crippen molar-refractivity contribution in [2.45, 2.75) is 13.0 Å². The minimum absolute atomic E-state index is 0.00648. The van der Waals surface area contributed by atoms with Crippen LogP contribution in [-0.4, -0.2) is 16.3 Å². The van der Waals surface area contributed by atoms with E-state index in [-0.39, 0.29) is 11.9 Å². The molecule has 0 fully saturated rings. The Morgan fingerprint density at radius 3 is 2.57 bits per heavy atom. The topological polar surface area (TPSA) is 29.9 Å². The molecule has 0 spiro atoms. The SMILES string of the molecule is CCNC(c1ccc(F)c2ccccc12)c1ccnn1C. The second-order valence-corrected chi connectivity index (χ2v) is 5.05. The number of hydrogen-bond donors (Lipinski definition) is 1. The Labute approximate surface area is 123 Å². The van der Waals surface area contributed by atoms with Crippen LogP contribution in [0.1, 0.15) is 24.2 Å². The molecular weight excluding hydrogens is 265 g/mol. The number of aromatic nitrogens is 2. The molecule has 1 atom stereocenters. The van der Waals surface area contributed by atoms with Crippen LogP contribution in [0.25, 0.3) is 10.8 Å². The van der Waals surface area contributed by atoms with Gasteiger partial charge in [0.1, 0.15) is 5.82 Å². The lowest BCUT2D eigenvalue weighted by Gasteiger charge is -2.20. The van der Waals surface area contributed by atoms with E-state index >= 15 is 0 Å². The highest BCUT2D eigenvalue weighted by atomic mass is 19.1. The third-order valence-electron chi connectivity index (χ3n) is 3.78. The summed E-state index contributed by atoms with van der Waals surface area (Å²) < 4.78 is 15.9. The largest absolute Gasteiger partial charge is 0.305 e. The lowest BCUT2D eigenvalue weighted by molar-refractivity contribution is 0.574. The van der Waals surface area contributed by atoms with Crippen LogP contribution in [-0.2, 0) is 7.05 Å². The number of benzene rings is 2. The summed E-state index contributed by atoms with van der Waals surface area (Å²) in [6.07, 6.45) is 1.78. The molecule has 1 unspecified atom stereocenters. The van der Waals surface area contributed by atoms with Crippen LogP contribution in [0.5, 0.6) is 0 Å². The number of aryl methyl sites for hydroxylation is 1. The lowest BCUT2D eigenvalue weighted by Crippen LogP contribution is -2.24. The molecule has 2 aromatic carbocycles. The van der Waals surface area contributed by atoms with Crippen LogP contribution >= 0.6 is 0 Å². The predicted molar refractivity (Wildman–Crippen MR) is 82.6 cm³/mol. The average molecular weight is 283 g/mol. The first-order valence-electron chi connectivity index (χ1n) is 7.10. The summed E-state index contributed by atoms with van der Waals surface area (Å²) in [4.78, 5) is 0. The quantitative estimate of drug-likeness (QED) is 0.795. The Bertz CT molecular complexity index is 764. The van der Waals surface area contributed by atoms with Gasteiger partial charge in [-0.3, -0.25) is 4.68 Å². The normalized spacial score (nSPS) is 12.7. The second-order valence-electron chi connectivity index (χ2n) is 5.05. The first-order valence-corrected chi connectivity index (χ1v) is 7.10. The summed E-state index contributed by atoms with van der Waals surface area (Å²) in [7, 11) is 1.92. The molecule has 3 rings (SSSR count). The molecule has 21 heavy (non-hydrogen) atoms. The van der Waals surface area contributed by atoms with Crippen molar-refractivity contribution in [3.05, 3.63) is 65.7 Å². The van der Waals surface area contributed by atoms with E-state index in [0.29, 0.717) is 5.39 Å². The molecule has 108 valence electrons. The maximum absolute atomic E-state index is 14.0. The molecule has 1 aromatic heterocycles. The van der Waals surface area contributed by atoms with Crippen molar-refractivity contribution >= 4 is 10.8 Å². The van der Waals surface area contributed by atoms with Gasteiger partial charge in [-0.1, -0.05) is 37.3 Å². The van der Waals surface area contributed by atoms with Crippen LogP contribution in [0.4, 0.5) is 4.39 Å². The molecule has 0 saturated carbocycles. The molecule has 1 heterocycles. The first-order chi connectivity index (χ1) is 10.2. The zero-order chi connectivity index (χ0) is 14.8. The summed E-state index contributed by atoms with van der Waals surface area (Å²) in [5, 5.41) is 9.30. The molecule has 0 amide bonds. The highest BCUT2D eigenvalue weighted by molar-refractivity contribution is 5.87. The Balaban J connectivity index is 2.21. The number of halogens is 1. The van der Waals surface area contributed by atoms with Gasteiger partial charge in [-0.2, -0.15) is 5.10 Å². The van der Waals surface area contributed by atoms with Gasteiger partial charge in [-0.05, 0) is 29.6 Å². The number of hydrogen-bond acceptors (Lipinski definition) is 2. The van der Waals surface area contributed by atoms with E-state index < -0.39 is 0 Å². The van der Waals surface area contributed by atoms with Gasteiger partial charge in [0.05, 0.1) is 11.7 Å². The van der Waals surface area contributed by atoms with Gasteiger partial charge in [0, 0.05) is 18.6 Å². The van der Waals surface area contributed by atoms with Crippen LogP contribution in [0, 0.1) is 5.82 Å². The molecule has 0 aliphatic rings. The van der Waals surface area contributed by atoms with Crippen LogP contribution in [0.15, 0.2) is 48.7 Å². The highest BCUT2D eigenvalue weighted by Gasteiger charge is 2.19. The van der Waals surface area contributed by atoms with Crippen molar-refractivity contribution in [1.29, 1.82) is 0 Å². The van der Waals surface area contributed by atoms with Crippen LogP contribution in [0.2, 0.25) is 0 Å². The first kappa shape index (κ1) is 13.8. The van der Waals surface area contributed by atoms with E-state index in [2.05, 4.69) is 17.3 Å². The molecule has 0 saturated heterocycles. The standard InChI is InChI=1S/C17H18FN3/c1-3-19-17(16-10-11-20-21(16)2)14-8-9-15(18)13-7-5-4-6-12(13)14/h4-11,17,19H,3H2,1-2H3. The van der Waals surface area contributed by atoms with Crippen molar-refractivity contribution in [3.63, 3.8) is 0 Å². The number of nitrogens with one attached hydrogen (secondary N) is 1. The maximum Gasteiger partial charge on any atom is 0.131 e. The van der Waals surface area contributed by atoms with Crippen molar-refractivity contribution in [3.8, 4) is 0 Å². The molecule has 0 aliphatic heterocycles. The molecule has 0 aliphatic carbocycles. The average Bonchev–Trinajstić information content (AvgIpc) is 2.92. The molecule has 3 nitrogen and oxygen atoms in total. The third kappa shape index (κ3) is 2.43. The van der Waals surface area contributed by atoms with E-state index in [1.54, 1.807) is 12.3 Å². The molecule has 0 bridgehead atoms. The number of rotatable bonds is 4. The fourth-order valence-corrected chi connectivity index (χ4v) is 2.78. The van der Waals surface area contributed by atoms with Gasteiger partial charge < -0.3 is 5.32 Å². The van der Waals surface area contributed by atoms with Gasteiger partial charge in [-0.25, -0.2) is 4.39 Å². The Kier molecular flexibility index (Phi) is 3.71. The minimum atomic E-state index is -0.186. The van der Waals surface area contributed by atoms with Crippen molar-refractivity contribution < 1.29 is 4.39 Å². The second kappa shape index (κ2) is 5.66. The van der Waals surface area contributed by atoms with E-state index in [0.717, 1.165) is 23.2 Å². The number of nitrogens with zero attached hydrogens (tertiary/aromatic N) is 2. The molecule has 4 heteroatoms.